The fourth-order valence-electron chi connectivity index (χ4n) is 3.61. The van der Waals surface area contributed by atoms with E-state index in [2.05, 4.69) is 10.3 Å². The summed E-state index contributed by atoms with van der Waals surface area (Å²) in [6, 6.07) is 13.4. The number of fused-ring (bicyclic) bond motifs is 1. The molecular formula is C26H28N4O3S2. The minimum Gasteiger partial charge on any atom is -0.379 e. The summed E-state index contributed by atoms with van der Waals surface area (Å²) < 4.78 is 7.55. The number of aromatic nitrogens is 2. The van der Waals surface area contributed by atoms with E-state index < -0.39 is 0 Å². The Hall–Kier alpha value is -3.01. The molecule has 7 nitrogen and oxygen atoms in total. The monoisotopic (exact) mass is 508 g/mol. The van der Waals surface area contributed by atoms with E-state index in [0.717, 1.165) is 17.5 Å². The quantitative estimate of drug-likeness (QED) is 0.257. The molecule has 0 aliphatic carbocycles. The van der Waals surface area contributed by atoms with Gasteiger partial charge in [0.05, 0.1) is 23.1 Å². The summed E-state index contributed by atoms with van der Waals surface area (Å²) in [5.74, 6) is 0.226. The van der Waals surface area contributed by atoms with Gasteiger partial charge in [0.2, 0.25) is 0 Å². The number of hydrogen-bond acceptors (Lipinski definition) is 7. The summed E-state index contributed by atoms with van der Waals surface area (Å²) in [7, 11) is 0. The Morgan fingerprint density at radius 2 is 1.94 bits per heavy atom. The molecule has 0 unspecified atom stereocenters. The number of thiocarbonyl (C=S) groups is 1. The Morgan fingerprint density at radius 1 is 1.17 bits per heavy atom. The highest BCUT2D eigenvalue weighted by Crippen LogP contribution is 2.34. The molecular weight excluding hydrogens is 480 g/mol. The maximum atomic E-state index is 13.4. The summed E-state index contributed by atoms with van der Waals surface area (Å²) in [4.78, 5) is 33.2. The number of aryl methyl sites for hydroxylation is 1. The average molecular weight is 509 g/mol. The molecule has 1 amide bonds. The number of nitrogens with zero attached hydrogens (tertiary/aromatic N) is 3. The lowest BCUT2D eigenvalue weighted by atomic mass is 10.1. The van der Waals surface area contributed by atoms with Crippen molar-refractivity contribution in [2.24, 2.45) is 0 Å². The third-order valence-corrected chi connectivity index (χ3v) is 6.82. The maximum absolute atomic E-state index is 13.4. The zero-order chi connectivity index (χ0) is 24.9. The molecule has 3 aromatic rings. The van der Waals surface area contributed by atoms with Crippen LogP contribution < -0.4 is 10.9 Å². The summed E-state index contributed by atoms with van der Waals surface area (Å²) >= 11 is 6.70. The second kappa shape index (κ2) is 11.2. The number of ether oxygens (including phenoxy) is 1. The zero-order valence-electron chi connectivity index (χ0n) is 20.0. The second-order valence-corrected chi connectivity index (χ2v) is 10.2. The first-order valence-electron chi connectivity index (χ1n) is 11.5. The summed E-state index contributed by atoms with van der Waals surface area (Å²) in [6.07, 6.45) is 4.20. The highest BCUT2D eigenvalue weighted by Gasteiger charge is 2.32. The Kier molecular flexibility index (Phi) is 8.00. The molecule has 0 spiro atoms. The van der Waals surface area contributed by atoms with Crippen molar-refractivity contribution in [3.63, 3.8) is 0 Å². The predicted octanol–water partition coefficient (Wildman–Crippen LogP) is 4.63. The molecule has 4 rings (SSSR count). The van der Waals surface area contributed by atoms with Crippen LogP contribution in [0.4, 0.5) is 5.82 Å². The van der Waals surface area contributed by atoms with Crippen molar-refractivity contribution in [2.75, 3.05) is 18.5 Å². The van der Waals surface area contributed by atoms with E-state index in [-0.39, 0.29) is 17.6 Å². The predicted molar refractivity (Wildman–Crippen MR) is 146 cm³/mol. The molecule has 1 aromatic carbocycles. The minimum absolute atomic E-state index is 0.163. The van der Waals surface area contributed by atoms with Crippen molar-refractivity contribution < 1.29 is 9.53 Å². The number of hydrogen-bond donors (Lipinski definition) is 1. The van der Waals surface area contributed by atoms with Crippen LogP contribution in [0.2, 0.25) is 0 Å². The van der Waals surface area contributed by atoms with Gasteiger partial charge in [0.15, 0.2) is 0 Å². The summed E-state index contributed by atoms with van der Waals surface area (Å²) in [5.41, 5.74) is 2.75. The SMILES string of the molecule is Cc1ccc(CN2C(=O)C(=Cc3c(NCCCOC(C)C)nc4ccccn4c3=O)SC2=S)cc1. The number of anilines is 1. The van der Waals surface area contributed by atoms with E-state index in [9.17, 15) is 9.59 Å². The maximum Gasteiger partial charge on any atom is 0.267 e. The van der Waals surface area contributed by atoms with Crippen LogP contribution in [0, 0.1) is 6.92 Å². The van der Waals surface area contributed by atoms with Gasteiger partial charge in [0, 0.05) is 19.3 Å². The van der Waals surface area contributed by atoms with Gasteiger partial charge in [0.25, 0.3) is 11.5 Å². The molecule has 1 saturated heterocycles. The van der Waals surface area contributed by atoms with E-state index in [1.165, 1.54) is 16.2 Å². The molecule has 0 atom stereocenters. The van der Waals surface area contributed by atoms with Crippen LogP contribution >= 0.6 is 24.0 Å². The fraction of sp³-hybridized carbons (Fsp3) is 0.308. The van der Waals surface area contributed by atoms with Gasteiger partial charge in [-0.25, -0.2) is 4.98 Å². The third-order valence-electron chi connectivity index (χ3n) is 5.44. The topological polar surface area (TPSA) is 75.9 Å². The lowest BCUT2D eigenvalue weighted by Crippen LogP contribution is -2.27. The molecule has 3 heterocycles. The smallest absolute Gasteiger partial charge is 0.267 e. The first-order valence-corrected chi connectivity index (χ1v) is 12.7. The van der Waals surface area contributed by atoms with Crippen LogP contribution in [-0.4, -0.2) is 43.8 Å². The molecule has 0 radical (unpaired) electrons. The van der Waals surface area contributed by atoms with Crippen LogP contribution in [0.25, 0.3) is 11.7 Å². The van der Waals surface area contributed by atoms with E-state index in [4.69, 9.17) is 17.0 Å². The molecule has 1 N–H and O–H groups in total. The first kappa shape index (κ1) is 25.1. The number of carbonyl (C=O) groups excluding carboxylic acids is 1. The minimum atomic E-state index is -0.250. The Balaban J connectivity index is 1.62. The van der Waals surface area contributed by atoms with Gasteiger partial charge in [-0.1, -0.05) is 59.9 Å². The van der Waals surface area contributed by atoms with E-state index in [1.807, 2.05) is 51.1 Å². The molecule has 182 valence electrons. The number of carbonyl (C=O) groups is 1. The van der Waals surface area contributed by atoms with Crippen molar-refractivity contribution in [2.45, 2.75) is 39.8 Å². The Morgan fingerprint density at radius 3 is 2.69 bits per heavy atom. The van der Waals surface area contributed by atoms with Crippen molar-refractivity contribution >= 4 is 51.7 Å². The fourth-order valence-corrected chi connectivity index (χ4v) is 4.85. The number of benzene rings is 1. The van der Waals surface area contributed by atoms with Gasteiger partial charge in [-0.3, -0.25) is 18.9 Å². The summed E-state index contributed by atoms with van der Waals surface area (Å²) in [6.45, 7) is 7.57. The molecule has 35 heavy (non-hydrogen) atoms. The molecule has 1 fully saturated rings. The van der Waals surface area contributed by atoms with Crippen molar-refractivity contribution in [1.29, 1.82) is 0 Å². The first-order chi connectivity index (χ1) is 16.8. The van der Waals surface area contributed by atoms with Gasteiger partial charge in [-0.15, -0.1) is 0 Å². The Bertz CT molecular complexity index is 1330. The van der Waals surface area contributed by atoms with E-state index in [1.54, 1.807) is 29.3 Å². The molecule has 1 aliphatic rings. The number of nitrogens with one attached hydrogen (secondary N) is 1. The van der Waals surface area contributed by atoms with Gasteiger partial charge < -0.3 is 10.1 Å². The highest BCUT2D eigenvalue weighted by atomic mass is 32.2. The van der Waals surface area contributed by atoms with Gasteiger partial charge in [-0.05, 0) is 51.0 Å². The molecule has 0 bridgehead atoms. The van der Waals surface area contributed by atoms with Crippen molar-refractivity contribution in [3.8, 4) is 0 Å². The molecule has 0 saturated carbocycles. The van der Waals surface area contributed by atoms with Crippen molar-refractivity contribution in [1.82, 2.24) is 14.3 Å². The van der Waals surface area contributed by atoms with Crippen molar-refractivity contribution in [3.05, 3.63) is 80.6 Å². The van der Waals surface area contributed by atoms with Gasteiger partial charge in [0.1, 0.15) is 15.8 Å². The number of amides is 1. The number of rotatable bonds is 9. The largest absolute Gasteiger partial charge is 0.379 e. The van der Waals surface area contributed by atoms with Crippen LogP contribution in [0.15, 0.2) is 58.4 Å². The number of thioether (sulfide) groups is 1. The second-order valence-electron chi connectivity index (χ2n) is 8.56. The van der Waals surface area contributed by atoms with E-state index in [0.29, 0.717) is 46.0 Å². The molecule has 9 heteroatoms. The van der Waals surface area contributed by atoms with Gasteiger partial charge >= 0.3 is 0 Å². The highest BCUT2D eigenvalue weighted by molar-refractivity contribution is 8.26. The lowest BCUT2D eigenvalue weighted by molar-refractivity contribution is -0.122. The third kappa shape index (κ3) is 5.98. The summed E-state index contributed by atoms with van der Waals surface area (Å²) in [5, 5.41) is 3.26. The standard InChI is InChI=1S/C26H28N4O3S2/c1-17(2)33-14-6-12-27-23-20(24(31)29-13-5-4-7-22(29)28-23)15-21-25(32)30(26(34)35-21)16-19-10-8-18(3)9-11-19/h4-5,7-11,13,15,17,27H,6,12,14,16H2,1-3H3. The van der Waals surface area contributed by atoms with Crippen LogP contribution in [0.1, 0.15) is 37.0 Å². The van der Waals surface area contributed by atoms with Crippen LogP contribution in [-0.2, 0) is 16.1 Å². The molecule has 1 aliphatic heterocycles. The lowest BCUT2D eigenvalue weighted by Gasteiger charge is -2.14. The van der Waals surface area contributed by atoms with Crippen LogP contribution in [0.5, 0.6) is 0 Å². The van der Waals surface area contributed by atoms with E-state index >= 15 is 0 Å². The average Bonchev–Trinajstić information content (AvgIpc) is 3.09. The normalized spacial score (nSPS) is 15.1. The zero-order valence-corrected chi connectivity index (χ0v) is 21.6. The Labute approximate surface area is 214 Å². The number of pyridine rings is 1. The molecule has 2 aromatic heterocycles. The van der Waals surface area contributed by atoms with Crippen LogP contribution in [0.3, 0.4) is 0 Å². The van der Waals surface area contributed by atoms with Gasteiger partial charge in [-0.2, -0.15) is 0 Å².